The Morgan fingerprint density at radius 2 is 2.29 bits per heavy atom. The van der Waals surface area contributed by atoms with Crippen molar-refractivity contribution in [3.63, 3.8) is 0 Å². The number of hydrogen-bond donors (Lipinski definition) is 0. The van der Waals surface area contributed by atoms with Crippen LogP contribution < -0.4 is 0 Å². The summed E-state index contributed by atoms with van der Waals surface area (Å²) < 4.78 is 3.96. The molecule has 0 aliphatic heterocycles. The predicted octanol–water partition coefficient (Wildman–Crippen LogP) is 4.97. The van der Waals surface area contributed by atoms with Gasteiger partial charge in [-0.15, -0.1) is 34.7 Å². The maximum Gasteiger partial charge on any atom is 0.0608 e. The zero-order chi connectivity index (χ0) is 10.1. The summed E-state index contributed by atoms with van der Waals surface area (Å²) in [6.45, 7) is 0. The van der Waals surface area contributed by atoms with E-state index in [1.165, 1.54) is 23.4 Å². The molecule has 1 aromatic heterocycles. The van der Waals surface area contributed by atoms with Gasteiger partial charge in [-0.3, -0.25) is 0 Å². The Balaban J connectivity index is 2.73. The average Bonchev–Trinajstić information content (AvgIpc) is 2.60. The molecule has 14 heavy (non-hydrogen) atoms. The van der Waals surface area contributed by atoms with Crippen LogP contribution in [0.25, 0.3) is 10.1 Å². The zero-order valence-electron chi connectivity index (χ0n) is 7.51. The Bertz CT molecular complexity index is 464. The highest BCUT2D eigenvalue weighted by Gasteiger charge is 2.08. The highest BCUT2D eigenvalue weighted by molar-refractivity contribution is 14.1. The molecule has 0 radical (unpaired) electrons. The van der Waals surface area contributed by atoms with E-state index in [4.69, 9.17) is 11.6 Å². The summed E-state index contributed by atoms with van der Waals surface area (Å²) in [4.78, 5) is 0. The van der Waals surface area contributed by atoms with Crippen molar-refractivity contribution < 1.29 is 0 Å². The van der Waals surface area contributed by atoms with Gasteiger partial charge in [0.2, 0.25) is 0 Å². The molecule has 0 aliphatic rings. The molecule has 0 atom stereocenters. The summed E-state index contributed by atoms with van der Waals surface area (Å²) in [6, 6.07) is 6.54. The fourth-order valence-electron chi connectivity index (χ4n) is 1.34. The van der Waals surface area contributed by atoms with Gasteiger partial charge in [-0.2, -0.15) is 0 Å². The van der Waals surface area contributed by atoms with Crippen LogP contribution >= 0.6 is 57.3 Å². The van der Waals surface area contributed by atoms with Crippen molar-refractivity contribution >= 4 is 67.4 Å². The molecule has 0 aliphatic carbocycles. The third kappa shape index (κ3) is 1.92. The monoisotopic (exact) mass is 354 g/mol. The Morgan fingerprint density at radius 1 is 1.50 bits per heavy atom. The van der Waals surface area contributed by atoms with E-state index in [2.05, 4.69) is 47.0 Å². The van der Waals surface area contributed by atoms with E-state index in [-0.39, 0.29) is 0 Å². The molecule has 0 saturated carbocycles. The minimum atomic E-state index is 0.601. The predicted molar refractivity (Wildman–Crippen MR) is 75.9 cm³/mol. The molecular formula is C10H8ClIS2. The summed E-state index contributed by atoms with van der Waals surface area (Å²) in [5.74, 6) is 0.601. The van der Waals surface area contributed by atoms with Crippen molar-refractivity contribution in [3.8, 4) is 0 Å². The van der Waals surface area contributed by atoms with Crippen molar-refractivity contribution in [2.24, 2.45) is 0 Å². The molecule has 0 nitrogen and oxygen atoms in total. The fourth-order valence-corrected chi connectivity index (χ4v) is 4.51. The molecule has 0 amide bonds. The number of alkyl halides is 1. The molecule has 2 rings (SSSR count). The highest BCUT2D eigenvalue weighted by Crippen LogP contribution is 2.36. The van der Waals surface area contributed by atoms with E-state index in [0.717, 1.165) is 0 Å². The Kier molecular flexibility index (Phi) is 3.63. The third-order valence-electron chi connectivity index (χ3n) is 2.04. The lowest BCUT2D eigenvalue weighted by Crippen LogP contribution is -1.82. The maximum atomic E-state index is 5.96. The largest absolute Gasteiger partial charge is 0.128 e. The molecule has 0 saturated heterocycles. The first-order chi connectivity index (χ1) is 6.76. The van der Waals surface area contributed by atoms with Gasteiger partial charge in [0.15, 0.2) is 0 Å². The van der Waals surface area contributed by atoms with Crippen molar-refractivity contribution in [3.05, 3.63) is 27.3 Å². The van der Waals surface area contributed by atoms with E-state index in [9.17, 15) is 0 Å². The van der Waals surface area contributed by atoms with E-state index in [1.807, 2.05) is 11.3 Å². The smallest absolute Gasteiger partial charge is 0.0608 e. The second-order valence-corrected chi connectivity index (χ2v) is 6.44. The Morgan fingerprint density at radius 3 is 2.93 bits per heavy atom. The fraction of sp³-hybridized carbons (Fsp3) is 0.200. The summed E-state index contributed by atoms with van der Waals surface area (Å²) in [5.41, 5.74) is 1.27. The summed E-state index contributed by atoms with van der Waals surface area (Å²) in [7, 11) is 0. The van der Waals surface area contributed by atoms with Crippen LogP contribution in [0.4, 0.5) is 0 Å². The van der Waals surface area contributed by atoms with Crippen LogP contribution in [0.1, 0.15) is 5.56 Å². The van der Waals surface area contributed by atoms with Crippen LogP contribution in [-0.4, -0.2) is 6.26 Å². The van der Waals surface area contributed by atoms with Gasteiger partial charge < -0.3 is 0 Å². The van der Waals surface area contributed by atoms with Crippen LogP contribution in [0.3, 0.4) is 0 Å². The van der Waals surface area contributed by atoms with E-state index in [1.54, 1.807) is 11.8 Å². The van der Waals surface area contributed by atoms with Crippen molar-refractivity contribution in [2.75, 3.05) is 6.26 Å². The molecule has 4 heteroatoms. The lowest BCUT2D eigenvalue weighted by Gasteiger charge is -2.00. The quantitative estimate of drug-likeness (QED) is 0.417. The second-order valence-electron chi connectivity index (χ2n) is 2.85. The Labute approximate surface area is 110 Å². The molecule has 0 spiro atoms. The average molecular weight is 355 g/mol. The number of halogens is 2. The minimum absolute atomic E-state index is 0.601. The van der Waals surface area contributed by atoms with E-state index in [0.29, 0.717) is 5.88 Å². The third-order valence-corrected chi connectivity index (χ3v) is 5.60. The van der Waals surface area contributed by atoms with Gasteiger partial charge in [-0.25, -0.2) is 0 Å². The van der Waals surface area contributed by atoms with Gasteiger partial charge in [-0.05, 0) is 51.9 Å². The number of fused-ring (bicyclic) bond motifs is 1. The molecular weight excluding hydrogens is 347 g/mol. The molecule has 0 fully saturated rings. The number of thiophene rings is 1. The molecule has 74 valence electrons. The van der Waals surface area contributed by atoms with Crippen LogP contribution in [0.2, 0.25) is 0 Å². The summed E-state index contributed by atoms with van der Waals surface area (Å²) in [5, 5.41) is 1.32. The molecule has 1 aromatic carbocycles. The molecule has 0 unspecified atom stereocenters. The summed E-state index contributed by atoms with van der Waals surface area (Å²) >= 11 is 11.9. The zero-order valence-corrected chi connectivity index (χ0v) is 12.1. The van der Waals surface area contributed by atoms with Crippen LogP contribution in [0, 0.1) is 3.57 Å². The molecule has 0 N–H and O–H groups in total. The number of rotatable bonds is 2. The van der Waals surface area contributed by atoms with Gasteiger partial charge in [-0.1, -0.05) is 6.07 Å². The van der Waals surface area contributed by atoms with Gasteiger partial charge in [0.1, 0.15) is 0 Å². The SMILES string of the molecule is CSc1cc2ccc(I)c(CCl)c2s1. The number of hydrogen-bond acceptors (Lipinski definition) is 2. The maximum absolute atomic E-state index is 5.96. The lowest BCUT2D eigenvalue weighted by atomic mass is 10.2. The van der Waals surface area contributed by atoms with Crippen LogP contribution in [0.5, 0.6) is 0 Å². The first-order valence-electron chi connectivity index (χ1n) is 4.07. The van der Waals surface area contributed by atoms with Crippen LogP contribution in [-0.2, 0) is 5.88 Å². The second kappa shape index (κ2) is 4.60. The molecule has 0 bridgehead atoms. The van der Waals surface area contributed by atoms with Crippen molar-refractivity contribution in [1.82, 2.24) is 0 Å². The van der Waals surface area contributed by atoms with Gasteiger partial charge in [0, 0.05) is 14.2 Å². The van der Waals surface area contributed by atoms with Crippen LogP contribution in [0.15, 0.2) is 22.4 Å². The standard InChI is InChI=1S/C10H8ClIS2/c1-13-9-4-6-2-3-8(12)7(5-11)10(6)14-9/h2-4H,5H2,1H3. The minimum Gasteiger partial charge on any atom is -0.128 e. The van der Waals surface area contributed by atoms with Gasteiger partial charge in [0.25, 0.3) is 0 Å². The molecule has 2 aromatic rings. The van der Waals surface area contributed by atoms with E-state index < -0.39 is 0 Å². The normalized spacial score (nSPS) is 11.1. The summed E-state index contributed by atoms with van der Waals surface area (Å²) in [6.07, 6.45) is 2.11. The molecule has 1 heterocycles. The Hall–Kier alpha value is 0.550. The topological polar surface area (TPSA) is 0 Å². The van der Waals surface area contributed by atoms with Gasteiger partial charge >= 0.3 is 0 Å². The first kappa shape index (κ1) is 11.0. The number of benzene rings is 1. The highest BCUT2D eigenvalue weighted by atomic mass is 127. The van der Waals surface area contributed by atoms with Crippen molar-refractivity contribution in [1.29, 1.82) is 0 Å². The first-order valence-corrected chi connectivity index (χ1v) is 7.72. The van der Waals surface area contributed by atoms with E-state index >= 15 is 0 Å². The van der Waals surface area contributed by atoms with Crippen molar-refractivity contribution in [2.45, 2.75) is 10.1 Å². The number of thioether (sulfide) groups is 1. The lowest BCUT2D eigenvalue weighted by molar-refractivity contribution is 1.43. The van der Waals surface area contributed by atoms with Gasteiger partial charge in [0.05, 0.1) is 4.21 Å².